The van der Waals surface area contributed by atoms with Gasteiger partial charge in [-0.05, 0) is 42.3 Å². The number of carboxylic acids is 1. The molecule has 0 spiro atoms. The first kappa shape index (κ1) is 19.0. The van der Waals surface area contributed by atoms with Gasteiger partial charge in [0.25, 0.3) is 5.91 Å². The maximum Gasteiger partial charge on any atom is 0.308 e. The van der Waals surface area contributed by atoms with Gasteiger partial charge in [0, 0.05) is 23.7 Å². The molecular formula is C20H20ClNO5. The summed E-state index contributed by atoms with van der Waals surface area (Å²) < 4.78 is 11.1. The first-order valence-corrected chi connectivity index (χ1v) is 8.93. The molecule has 0 unspecified atom stereocenters. The third kappa shape index (κ3) is 4.52. The van der Waals surface area contributed by atoms with Crippen LogP contribution in [-0.4, -0.2) is 42.1 Å². The minimum Gasteiger partial charge on any atom is -0.493 e. The lowest BCUT2D eigenvalue weighted by Gasteiger charge is -2.17. The van der Waals surface area contributed by atoms with Crippen LogP contribution >= 0.6 is 11.6 Å². The molecule has 6 nitrogen and oxygen atoms in total. The number of carbonyl (C=O) groups is 2. The van der Waals surface area contributed by atoms with E-state index in [0.29, 0.717) is 41.7 Å². The van der Waals surface area contributed by atoms with Crippen LogP contribution in [0.5, 0.6) is 11.5 Å². The van der Waals surface area contributed by atoms with Crippen LogP contribution in [0.25, 0.3) is 0 Å². The Morgan fingerprint density at radius 1 is 1.19 bits per heavy atom. The number of methoxy groups -OCH3 is 1. The normalized spacial score (nSPS) is 16.2. The summed E-state index contributed by atoms with van der Waals surface area (Å²) in [5.41, 5.74) is 1.40. The van der Waals surface area contributed by atoms with Crippen LogP contribution in [0.15, 0.2) is 42.5 Å². The van der Waals surface area contributed by atoms with Crippen molar-refractivity contribution in [2.75, 3.05) is 20.2 Å². The second-order valence-electron chi connectivity index (χ2n) is 6.36. The Morgan fingerprint density at radius 3 is 2.56 bits per heavy atom. The molecule has 0 saturated carbocycles. The Hall–Kier alpha value is -2.73. The number of rotatable bonds is 6. The fourth-order valence-corrected chi connectivity index (χ4v) is 3.12. The molecule has 2 aromatic carbocycles. The summed E-state index contributed by atoms with van der Waals surface area (Å²) in [7, 11) is 1.51. The van der Waals surface area contributed by atoms with Crippen molar-refractivity contribution in [2.24, 2.45) is 5.92 Å². The highest BCUT2D eigenvalue weighted by atomic mass is 35.5. The van der Waals surface area contributed by atoms with Gasteiger partial charge in [-0.2, -0.15) is 0 Å². The average Bonchev–Trinajstić information content (AvgIpc) is 3.17. The first-order chi connectivity index (χ1) is 13.0. The van der Waals surface area contributed by atoms with E-state index in [-0.39, 0.29) is 12.5 Å². The molecule has 1 atom stereocenters. The topological polar surface area (TPSA) is 76.1 Å². The van der Waals surface area contributed by atoms with Crippen LogP contribution in [0.1, 0.15) is 22.3 Å². The van der Waals surface area contributed by atoms with Crippen molar-refractivity contribution in [3.8, 4) is 11.5 Å². The number of benzene rings is 2. The highest BCUT2D eigenvalue weighted by molar-refractivity contribution is 6.30. The molecule has 7 heteroatoms. The molecule has 3 rings (SSSR count). The minimum absolute atomic E-state index is 0.207. The van der Waals surface area contributed by atoms with Crippen LogP contribution < -0.4 is 9.47 Å². The number of halogens is 1. The number of nitrogens with zero attached hydrogens (tertiary/aromatic N) is 1. The molecule has 1 N–H and O–H groups in total. The van der Waals surface area contributed by atoms with Crippen molar-refractivity contribution in [1.82, 2.24) is 4.90 Å². The molecule has 1 saturated heterocycles. The highest BCUT2D eigenvalue weighted by Gasteiger charge is 2.31. The van der Waals surface area contributed by atoms with Crippen molar-refractivity contribution in [1.29, 1.82) is 0 Å². The molecule has 1 heterocycles. The maximum atomic E-state index is 12.6. The van der Waals surface area contributed by atoms with Gasteiger partial charge in [-0.25, -0.2) is 0 Å². The third-order valence-electron chi connectivity index (χ3n) is 4.54. The van der Waals surface area contributed by atoms with Crippen LogP contribution in [-0.2, 0) is 11.4 Å². The minimum atomic E-state index is -0.867. The molecule has 0 aromatic heterocycles. The highest BCUT2D eigenvalue weighted by Crippen LogP contribution is 2.30. The van der Waals surface area contributed by atoms with E-state index < -0.39 is 11.9 Å². The molecule has 2 aromatic rings. The molecule has 27 heavy (non-hydrogen) atoms. The molecule has 0 bridgehead atoms. The molecule has 142 valence electrons. The number of likely N-dealkylation sites (tertiary alicyclic amines) is 1. The first-order valence-electron chi connectivity index (χ1n) is 8.55. The number of carboxylic acid groups (broad SMARTS) is 1. The summed E-state index contributed by atoms with van der Waals surface area (Å²) in [5, 5.41) is 9.75. The number of hydrogen-bond donors (Lipinski definition) is 1. The van der Waals surface area contributed by atoms with Crippen molar-refractivity contribution >= 4 is 23.5 Å². The van der Waals surface area contributed by atoms with Crippen LogP contribution in [0.3, 0.4) is 0 Å². The van der Waals surface area contributed by atoms with Gasteiger partial charge in [0.2, 0.25) is 0 Å². The van der Waals surface area contributed by atoms with E-state index in [9.17, 15) is 9.59 Å². The molecule has 1 amide bonds. The van der Waals surface area contributed by atoms with Gasteiger partial charge in [-0.1, -0.05) is 23.7 Å². The third-order valence-corrected chi connectivity index (χ3v) is 4.79. The van der Waals surface area contributed by atoms with E-state index in [1.165, 1.54) is 7.11 Å². The summed E-state index contributed by atoms with van der Waals surface area (Å²) >= 11 is 5.87. The Bertz CT molecular complexity index is 837. The zero-order valence-corrected chi connectivity index (χ0v) is 15.6. The largest absolute Gasteiger partial charge is 0.493 e. The summed E-state index contributed by atoms with van der Waals surface area (Å²) in [5.74, 6) is -0.606. The lowest BCUT2D eigenvalue weighted by Crippen LogP contribution is -2.29. The standard InChI is InChI=1S/C20H20ClNO5/c1-26-18-10-14(19(23)22-9-8-15(11-22)20(24)25)4-7-17(18)27-12-13-2-5-16(21)6-3-13/h2-7,10,15H,8-9,11-12H2,1H3,(H,24,25)/t15-/m1/s1. The Kier molecular flexibility index (Phi) is 5.86. The van der Waals surface area contributed by atoms with Gasteiger partial charge in [-0.15, -0.1) is 0 Å². The average molecular weight is 390 g/mol. The van der Waals surface area contributed by atoms with Crippen molar-refractivity contribution < 1.29 is 24.2 Å². The van der Waals surface area contributed by atoms with Gasteiger partial charge in [-0.3, -0.25) is 9.59 Å². The smallest absolute Gasteiger partial charge is 0.308 e. The predicted molar refractivity (Wildman–Crippen MR) is 100 cm³/mol. The van der Waals surface area contributed by atoms with E-state index in [1.807, 2.05) is 12.1 Å². The predicted octanol–water partition coefficient (Wildman–Crippen LogP) is 3.47. The fourth-order valence-electron chi connectivity index (χ4n) is 2.99. The number of ether oxygens (including phenoxy) is 2. The summed E-state index contributed by atoms with van der Waals surface area (Å²) in [6.07, 6.45) is 0.473. The quantitative estimate of drug-likeness (QED) is 0.818. The molecule has 1 aliphatic rings. The Morgan fingerprint density at radius 2 is 1.93 bits per heavy atom. The Balaban J connectivity index is 1.69. The SMILES string of the molecule is COc1cc(C(=O)N2CC[C@@H](C(=O)O)C2)ccc1OCc1ccc(Cl)cc1. The van der Waals surface area contributed by atoms with Crippen LogP contribution in [0, 0.1) is 5.92 Å². The van der Waals surface area contributed by atoms with Crippen LogP contribution in [0.4, 0.5) is 0 Å². The van der Waals surface area contributed by atoms with E-state index in [4.69, 9.17) is 26.2 Å². The number of amides is 1. The van der Waals surface area contributed by atoms with Crippen molar-refractivity contribution in [3.63, 3.8) is 0 Å². The maximum absolute atomic E-state index is 12.6. The zero-order chi connectivity index (χ0) is 19.4. The number of carbonyl (C=O) groups excluding carboxylic acids is 1. The lowest BCUT2D eigenvalue weighted by molar-refractivity contribution is -0.141. The van der Waals surface area contributed by atoms with Gasteiger partial charge in [0.1, 0.15) is 6.61 Å². The van der Waals surface area contributed by atoms with Gasteiger partial charge in [0.05, 0.1) is 13.0 Å². The molecule has 1 fully saturated rings. The van der Waals surface area contributed by atoms with Crippen molar-refractivity contribution in [3.05, 3.63) is 58.6 Å². The molecule has 1 aliphatic heterocycles. The lowest BCUT2D eigenvalue weighted by atomic mass is 10.1. The fraction of sp³-hybridized carbons (Fsp3) is 0.300. The van der Waals surface area contributed by atoms with Crippen LogP contribution in [0.2, 0.25) is 5.02 Å². The second-order valence-corrected chi connectivity index (χ2v) is 6.79. The molecule has 0 aliphatic carbocycles. The molecule has 0 radical (unpaired) electrons. The van der Waals surface area contributed by atoms with Gasteiger partial charge < -0.3 is 19.5 Å². The van der Waals surface area contributed by atoms with E-state index in [1.54, 1.807) is 35.2 Å². The monoisotopic (exact) mass is 389 g/mol. The number of hydrogen-bond acceptors (Lipinski definition) is 4. The zero-order valence-electron chi connectivity index (χ0n) is 14.9. The summed E-state index contributed by atoms with van der Waals surface area (Å²) in [6, 6.07) is 12.3. The van der Waals surface area contributed by atoms with E-state index in [0.717, 1.165) is 5.56 Å². The van der Waals surface area contributed by atoms with Gasteiger partial charge >= 0.3 is 5.97 Å². The Labute approximate surface area is 162 Å². The van der Waals surface area contributed by atoms with E-state index >= 15 is 0 Å². The molecular weight excluding hydrogens is 370 g/mol. The summed E-state index contributed by atoms with van der Waals surface area (Å²) in [4.78, 5) is 25.3. The van der Waals surface area contributed by atoms with Gasteiger partial charge in [0.15, 0.2) is 11.5 Å². The van der Waals surface area contributed by atoms with E-state index in [2.05, 4.69) is 0 Å². The summed E-state index contributed by atoms with van der Waals surface area (Å²) in [6.45, 7) is 1.01. The second kappa shape index (κ2) is 8.31. The number of aliphatic carboxylic acids is 1. The van der Waals surface area contributed by atoms with Crippen molar-refractivity contribution in [2.45, 2.75) is 13.0 Å².